The number of nitrogens with zero attached hydrogens (tertiary/aromatic N) is 1. The maximum absolute atomic E-state index is 12.1. The second-order valence-corrected chi connectivity index (χ2v) is 5.25. The molecule has 0 aromatic carbocycles. The monoisotopic (exact) mass is 248 g/mol. The van der Waals surface area contributed by atoms with Gasteiger partial charge in [-0.1, -0.05) is 0 Å². The van der Waals surface area contributed by atoms with Gasteiger partial charge in [0.1, 0.15) is 0 Å². The van der Waals surface area contributed by atoms with E-state index in [2.05, 4.69) is 5.32 Å². The molecule has 0 radical (unpaired) electrons. The van der Waals surface area contributed by atoms with Crippen LogP contribution >= 0.6 is 0 Å². The van der Waals surface area contributed by atoms with Crippen LogP contribution in [0.3, 0.4) is 0 Å². The Morgan fingerprint density at radius 2 is 1.93 bits per heavy atom. The van der Waals surface area contributed by atoms with Gasteiger partial charge in [-0.2, -0.15) is 17.5 Å². The molecule has 1 heterocycles. The highest BCUT2D eigenvalue weighted by molar-refractivity contribution is 7.90. The third-order valence-electron chi connectivity index (χ3n) is 2.29. The first-order chi connectivity index (χ1) is 6.68. The van der Waals surface area contributed by atoms with Gasteiger partial charge in [-0.15, -0.1) is 0 Å². The normalized spacial score (nSPS) is 28.7. The molecule has 0 amide bonds. The Balaban J connectivity index is 2.89. The summed E-state index contributed by atoms with van der Waals surface area (Å²) in [5.41, 5.74) is -5.33. The Kier molecular flexibility index (Phi) is 3.29. The van der Waals surface area contributed by atoms with Gasteiger partial charge in [0.05, 0.1) is 12.1 Å². The molecule has 0 bridgehead atoms. The SMILES string of the molecule is CN([C@@H]1CNC[C@H]1O)S(=O)(=O)C(F)(F)F. The number of likely N-dealkylation sites (N-methyl/N-ethyl adjacent to an activating group) is 1. The molecule has 1 fully saturated rings. The molecular formula is C6H11F3N2O3S. The summed E-state index contributed by atoms with van der Waals surface area (Å²) in [6, 6.07) is -1.07. The summed E-state index contributed by atoms with van der Waals surface area (Å²) in [5.74, 6) is 0. The number of aliphatic hydroxyl groups excluding tert-OH is 1. The Morgan fingerprint density at radius 1 is 1.40 bits per heavy atom. The Morgan fingerprint density at radius 3 is 2.27 bits per heavy atom. The number of aliphatic hydroxyl groups is 1. The van der Waals surface area contributed by atoms with Crippen molar-refractivity contribution in [3.8, 4) is 0 Å². The summed E-state index contributed by atoms with van der Waals surface area (Å²) in [5, 5.41) is 11.9. The zero-order chi connectivity index (χ0) is 11.9. The first-order valence-electron chi connectivity index (χ1n) is 4.11. The highest BCUT2D eigenvalue weighted by Gasteiger charge is 2.51. The van der Waals surface area contributed by atoms with Crippen LogP contribution in [0.25, 0.3) is 0 Å². The number of halogens is 3. The smallest absolute Gasteiger partial charge is 0.390 e. The van der Waals surface area contributed by atoms with Gasteiger partial charge in [-0.25, -0.2) is 8.42 Å². The van der Waals surface area contributed by atoms with Crippen LogP contribution in [-0.2, 0) is 10.0 Å². The van der Waals surface area contributed by atoms with E-state index in [-0.39, 0.29) is 17.4 Å². The molecule has 2 atom stereocenters. The molecule has 0 aromatic rings. The van der Waals surface area contributed by atoms with E-state index in [1.807, 2.05) is 0 Å². The summed E-state index contributed by atoms with van der Waals surface area (Å²) in [6.07, 6.45) is -1.12. The molecule has 2 N–H and O–H groups in total. The summed E-state index contributed by atoms with van der Waals surface area (Å²) in [7, 11) is -4.55. The van der Waals surface area contributed by atoms with Gasteiger partial charge in [0.2, 0.25) is 0 Å². The van der Waals surface area contributed by atoms with Crippen LogP contribution in [0.1, 0.15) is 0 Å². The first-order valence-corrected chi connectivity index (χ1v) is 5.55. The standard InChI is InChI=1S/C6H11F3N2O3S/c1-11(4-2-10-3-5(4)12)15(13,14)6(7,8)9/h4-5,10,12H,2-3H2,1H3/t4-,5-/m1/s1. The minimum Gasteiger partial charge on any atom is -0.390 e. The van der Waals surface area contributed by atoms with E-state index in [0.29, 0.717) is 0 Å². The van der Waals surface area contributed by atoms with E-state index in [9.17, 15) is 26.7 Å². The van der Waals surface area contributed by atoms with E-state index in [1.165, 1.54) is 0 Å². The number of sulfonamides is 1. The molecular weight excluding hydrogens is 237 g/mol. The van der Waals surface area contributed by atoms with Crippen molar-refractivity contribution in [2.24, 2.45) is 0 Å². The zero-order valence-electron chi connectivity index (χ0n) is 7.82. The number of alkyl halides is 3. The van der Waals surface area contributed by atoms with Gasteiger partial charge in [0, 0.05) is 20.1 Å². The Labute approximate surface area is 84.9 Å². The minimum absolute atomic E-state index is 0.00692. The first kappa shape index (κ1) is 12.7. The zero-order valence-corrected chi connectivity index (χ0v) is 8.64. The lowest BCUT2D eigenvalue weighted by molar-refractivity contribution is -0.0501. The maximum atomic E-state index is 12.1. The second kappa shape index (κ2) is 3.89. The van der Waals surface area contributed by atoms with Gasteiger partial charge in [-0.05, 0) is 0 Å². The van der Waals surface area contributed by atoms with Gasteiger partial charge in [-0.3, -0.25) is 0 Å². The molecule has 0 aromatic heterocycles. The van der Waals surface area contributed by atoms with Gasteiger partial charge in [0.25, 0.3) is 0 Å². The van der Waals surface area contributed by atoms with E-state index in [4.69, 9.17) is 0 Å². The molecule has 0 aliphatic carbocycles. The highest BCUT2D eigenvalue weighted by atomic mass is 32.2. The van der Waals surface area contributed by atoms with Crippen LogP contribution < -0.4 is 5.32 Å². The molecule has 5 nitrogen and oxygen atoms in total. The molecule has 0 unspecified atom stereocenters. The fourth-order valence-electron chi connectivity index (χ4n) is 1.36. The topological polar surface area (TPSA) is 69.6 Å². The number of nitrogens with one attached hydrogen (secondary N) is 1. The number of rotatable bonds is 2. The molecule has 9 heteroatoms. The van der Waals surface area contributed by atoms with Crippen molar-refractivity contribution in [3.05, 3.63) is 0 Å². The highest BCUT2D eigenvalue weighted by Crippen LogP contribution is 2.28. The lowest BCUT2D eigenvalue weighted by Gasteiger charge is -2.26. The van der Waals surface area contributed by atoms with E-state index >= 15 is 0 Å². The van der Waals surface area contributed by atoms with Crippen molar-refractivity contribution in [3.63, 3.8) is 0 Å². The van der Waals surface area contributed by atoms with Crippen LogP contribution in [0.15, 0.2) is 0 Å². The third kappa shape index (κ3) is 2.25. The summed E-state index contributed by atoms with van der Waals surface area (Å²) < 4.78 is 58.5. The van der Waals surface area contributed by atoms with Crippen LogP contribution in [0, 0.1) is 0 Å². The fourth-order valence-corrected chi connectivity index (χ4v) is 2.26. The van der Waals surface area contributed by atoms with Crippen LogP contribution in [0.4, 0.5) is 13.2 Å². The summed E-state index contributed by atoms with van der Waals surface area (Å²) >= 11 is 0. The van der Waals surface area contributed by atoms with Crippen molar-refractivity contribution < 1.29 is 26.7 Å². The molecule has 90 valence electrons. The molecule has 1 aliphatic heterocycles. The molecule has 0 saturated carbocycles. The second-order valence-electron chi connectivity index (χ2n) is 3.26. The minimum atomic E-state index is -5.36. The lowest BCUT2D eigenvalue weighted by atomic mass is 10.2. The molecule has 1 saturated heterocycles. The van der Waals surface area contributed by atoms with Gasteiger partial charge in [0.15, 0.2) is 0 Å². The van der Waals surface area contributed by atoms with Crippen molar-refractivity contribution in [1.29, 1.82) is 0 Å². The lowest BCUT2D eigenvalue weighted by Crippen LogP contribution is -2.48. The average Bonchev–Trinajstić information content (AvgIpc) is 2.48. The number of β-amino-alcohol motifs (C(OH)–C–C–N with tert-alkyl or cyclic N) is 1. The molecule has 0 spiro atoms. The summed E-state index contributed by atoms with van der Waals surface area (Å²) in [4.78, 5) is 0. The third-order valence-corrected chi connectivity index (χ3v) is 3.90. The van der Waals surface area contributed by atoms with Crippen molar-refractivity contribution >= 4 is 10.0 Å². The van der Waals surface area contributed by atoms with Gasteiger partial charge < -0.3 is 10.4 Å². The fraction of sp³-hybridized carbons (Fsp3) is 1.00. The molecule has 1 aliphatic rings. The average molecular weight is 248 g/mol. The largest absolute Gasteiger partial charge is 0.511 e. The van der Waals surface area contributed by atoms with Crippen molar-refractivity contribution in [2.75, 3.05) is 20.1 Å². The van der Waals surface area contributed by atoms with Crippen molar-refractivity contribution in [2.45, 2.75) is 17.7 Å². The maximum Gasteiger partial charge on any atom is 0.511 e. The van der Waals surface area contributed by atoms with E-state index in [1.54, 1.807) is 0 Å². The number of hydrogen-bond acceptors (Lipinski definition) is 4. The van der Waals surface area contributed by atoms with Crippen LogP contribution in [0.5, 0.6) is 0 Å². The Bertz CT molecular complexity index is 329. The predicted molar refractivity (Wildman–Crippen MR) is 45.4 cm³/mol. The summed E-state index contributed by atoms with van der Waals surface area (Å²) in [6.45, 7) is 0.0926. The van der Waals surface area contributed by atoms with E-state index in [0.717, 1.165) is 7.05 Å². The van der Waals surface area contributed by atoms with E-state index < -0.39 is 27.7 Å². The Hall–Kier alpha value is -0.380. The quantitative estimate of drug-likeness (QED) is 0.664. The number of hydrogen-bond donors (Lipinski definition) is 2. The van der Waals surface area contributed by atoms with Crippen LogP contribution in [-0.4, -0.2) is 55.6 Å². The predicted octanol–water partition coefficient (Wildman–Crippen LogP) is -0.899. The van der Waals surface area contributed by atoms with Crippen LogP contribution in [0.2, 0.25) is 0 Å². The molecule has 1 rings (SSSR count). The van der Waals surface area contributed by atoms with Gasteiger partial charge >= 0.3 is 15.5 Å². The molecule has 15 heavy (non-hydrogen) atoms. The van der Waals surface area contributed by atoms with Crippen molar-refractivity contribution in [1.82, 2.24) is 9.62 Å².